The highest BCUT2D eigenvalue weighted by atomic mass is 35.5. The fraction of sp³-hybridized carbons (Fsp3) is 0.455. The summed E-state index contributed by atoms with van der Waals surface area (Å²) in [6, 6.07) is 9.90. The van der Waals surface area contributed by atoms with E-state index in [9.17, 15) is 4.79 Å². The molecule has 3 heterocycles. The van der Waals surface area contributed by atoms with E-state index >= 15 is 0 Å². The number of methoxy groups -OCH3 is 1. The van der Waals surface area contributed by atoms with Crippen molar-refractivity contribution < 1.29 is 9.53 Å². The summed E-state index contributed by atoms with van der Waals surface area (Å²) in [6.45, 7) is 4.40. The fourth-order valence-electron chi connectivity index (χ4n) is 4.19. The Kier molecular flexibility index (Phi) is 6.28. The van der Waals surface area contributed by atoms with Crippen molar-refractivity contribution in [2.45, 2.75) is 25.3 Å². The van der Waals surface area contributed by atoms with Crippen molar-refractivity contribution in [1.82, 2.24) is 9.88 Å². The second-order valence-electron chi connectivity index (χ2n) is 7.82. The van der Waals surface area contributed by atoms with Crippen molar-refractivity contribution >= 4 is 34.9 Å². The second kappa shape index (κ2) is 8.90. The summed E-state index contributed by atoms with van der Waals surface area (Å²) in [5.41, 5.74) is 3.22. The lowest BCUT2D eigenvalue weighted by molar-refractivity contribution is -0.147. The summed E-state index contributed by atoms with van der Waals surface area (Å²) in [5, 5.41) is 1.48. The van der Waals surface area contributed by atoms with E-state index in [-0.39, 0.29) is 11.9 Å². The van der Waals surface area contributed by atoms with Gasteiger partial charge >= 0.3 is 5.97 Å². The second-order valence-corrected chi connectivity index (χ2v) is 8.63. The van der Waals surface area contributed by atoms with Gasteiger partial charge in [0.25, 0.3) is 0 Å². The highest BCUT2D eigenvalue weighted by molar-refractivity contribution is 6.36. The number of anilines is 1. The predicted molar refractivity (Wildman–Crippen MR) is 116 cm³/mol. The molecule has 4 rings (SSSR count). The van der Waals surface area contributed by atoms with Gasteiger partial charge in [0.1, 0.15) is 0 Å². The SMILES string of the molecule is COC(=O)C1CCN(Cc2ccc(N3CC(c4c(Cl)cccc4Cl)C3)cn2)CC1. The molecular weight excluding hydrogens is 409 g/mol. The van der Waals surface area contributed by atoms with Gasteiger partial charge in [-0.1, -0.05) is 29.3 Å². The van der Waals surface area contributed by atoms with Crippen LogP contribution in [-0.2, 0) is 16.1 Å². The Labute approximate surface area is 181 Å². The number of esters is 1. The molecule has 0 bridgehead atoms. The van der Waals surface area contributed by atoms with Crippen LogP contribution in [0.2, 0.25) is 10.0 Å². The van der Waals surface area contributed by atoms with E-state index in [1.165, 1.54) is 7.11 Å². The Bertz CT molecular complexity index is 841. The van der Waals surface area contributed by atoms with Gasteiger partial charge in [0.05, 0.1) is 30.6 Å². The molecule has 5 nitrogen and oxygen atoms in total. The van der Waals surface area contributed by atoms with Crippen LogP contribution in [0.15, 0.2) is 36.5 Å². The van der Waals surface area contributed by atoms with Crippen molar-refractivity contribution in [3.63, 3.8) is 0 Å². The van der Waals surface area contributed by atoms with E-state index in [0.29, 0.717) is 5.92 Å². The number of rotatable bonds is 5. The van der Waals surface area contributed by atoms with Crippen LogP contribution in [0.25, 0.3) is 0 Å². The number of hydrogen-bond donors (Lipinski definition) is 0. The van der Waals surface area contributed by atoms with E-state index in [4.69, 9.17) is 27.9 Å². The molecule has 2 fully saturated rings. The van der Waals surface area contributed by atoms with Crippen molar-refractivity contribution in [3.05, 3.63) is 57.8 Å². The van der Waals surface area contributed by atoms with Gasteiger partial charge in [-0.05, 0) is 55.8 Å². The Morgan fingerprint density at radius 1 is 1.14 bits per heavy atom. The molecule has 0 saturated carbocycles. The molecule has 0 unspecified atom stereocenters. The van der Waals surface area contributed by atoms with Crippen LogP contribution in [0, 0.1) is 5.92 Å². The molecule has 0 spiro atoms. The summed E-state index contributed by atoms with van der Waals surface area (Å²) in [4.78, 5) is 20.9. The first-order valence-electron chi connectivity index (χ1n) is 9.99. The van der Waals surface area contributed by atoms with E-state index in [2.05, 4.69) is 26.9 Å². The Morgan fingerprint density at radius 2 is 1.83 bits per heavy atom. The van der Waals surface area contributed by atoms with Crippen LogP contribution in [0.4, 0.5) is 5.69 Å². The molecule has 7 heteroatoms. The lowest BCUT2D eigenvalue weighted by atomic mass is 9.91. The molecule has 0 aliphatic carbocycles. The summed E-state index contributed by atoms with van der Waals surface area (Å²) < 4.78 is 4.85. The van der Waals surface area contributed by atoms with Gasteiger partial charge in [-0.15, -0.1) is 0 Å². The van der Waals surface area contributed by atoms with Crippen LogP contribution < -0.4 is 4.90 Å². The minimum Gasteiger partial charge on any atom is -0.469 e. The number of carbonyl (C=O) groups is 1. The maximum atomic E-state index is 11.6. The number of piperidine rings is 1. The number of carbonyl (C=O) groups excluding carboxylic acids is 1. The minimum atomic E-state index is -0.0851. The molecule has 2 aliphatic heterocycles. The molecule has 0 radical (unpaired) electrons. The van der Waals surface area contributed by atoms with Gasteiger partial charge in [0.15, 0.2) is 0 Å². The lowest BCUT2D eigenvalue weighted by Crippen LogP contribution is -2.45. The van der Waals surface area contributed by atoms with Crippen molar-refractivity contribution in [2.24, 2.45) is 5.92 Å². The van der Waals surface area contributed by atoms with E-state index in [0.717, 1.165) is 72.6 Å². The first kappa shape index (κ1) is 20.5. The van der Waals surface area contributed by atoms with Gasteiger partial charge in [-0.2, -0.15) is 0 Å². The molecule has 154 valence electrons. The summed E-state index contributed by atoms with van der Waals surface area (Å²) in [7, 11) is 1.46. The first-order valence-corrected chi connectivity index (χ1v) is 10.7. The predicted octanol–water partition coefficient (Wildman–Crippen LogP) is 4.38. The highest BCUT2D eigenvalue weighted by Gasteiger charge is 2.31. The van der Waals surface area contributed by atoms with Gasteiger partial charge in [-0.3, -0.25) is 14.7 Å². The molecule has 0 amide bonds. The number of nitrogens with zero attached hydrogens (tertiary/aromatic N) is 3. The minimum absolute atomic E-state index is 0.0394. The number of hydrogen-bond acceptors (Lipinski definition) is 5. The standard InChI is InChI=1S/C22H25Cl2N3O2/c1-29-22(28)15-7-9-26(10-8-15)14-17-5-6-18(11-25-17)27-12-16(13-27)21-19(23)3-2-4-20(21)24/h2-6,11,15-16H,7-10,12-14H2,1H3. The Hall–Kier alpha value is -1.82. The van der Waals surface area contributed by atoms with Gasteiger partial charge in [0.2, 0.25) is 0 Å². The molecule has 1 aromatic heterocycles. The van der Waals surface area contributed by atoms with Gasteiger partial charge in [0, 0.05) is 35.6 Å². The third-order valence-corrected chi connectivity index (χ3v) is 6.63. The molecule has 2 aromatic rings. The number of benzene rings is 1. The monoisotopic (exact) mass is 433 g/mol. The molecular formula is C22H25Cl2N3O2. The highest BCUT2D eigenvalue weighted by Crippen LogP contribution is 2.38. The largest absolute Gasteiger partial charge is 0.469 e. The molecule has 2 aliphatic rings. The van der Waals surface area contributed by atoms with Crippen LogP contribution in [0.5, 0.6) is 0 Å². The Balaban J connectivity index is 1.29. The molecule has 2 saturated heterocycles. The van der Waals surface area contributed by atoms with Crippen LogP contribution in [0.1, 0.15) is 30.0 Å². The van der Waals surface area contributed by atoms with Crippen molar-refractivity contribution in [3.8, 4) is 0 Å². The van der Waals surface area contributed by atoms with Crippen LogP contribution >= 0.6 is 23.2 Å². The van der Waals surface area contributed by atoms with Crippen molar-refractivity contribution in [1.29, 1.82) is 0 Å². The van der Waals surface area contributed by atoms with Gasteiger partial charge in [-0.25, -0.2) is 0 Å². The summed E-state index contributed by atoms with van der Waals surface area (Å²) >= 11 is 12.7. The lowest BCUT2D eigenvalue weighted by Gasteiger charge is -2.41. The number of likely N-dealkylation sites (tertiary alicyclic amines) is 1. The van der Waals surface area contributed by atoms with Gasteiger partial charge < -0.3 is 9.64 Å². The zero-order valence-corrected chi connectivity index (χ0v) is 18.0. The maximum Gasteiger partial charge on any atom is 0.308 e. The number of ether oxygens (including phenoxy) is 1. The average Bonchev–Trinajstić information content (AvgIpc) is 2.70. The van der Waals surface area contributed by atoms with E-state index in [1.807, 2.05) is 24.4 Å². The summed E-state index contributed by atoms with van der Waals surface area (Å²) in [6.07, 6.45) is 3.65. The van der Waals surface area contributed by atoms with E-state index in [1.54, 1.807) is 0 Å². The quantitative estimate of drug-likeness (QED) is 0.654. The van der Waals surface area contributed by atoms with Crippen molar-refractivity contribution in [2.75, 3.05) is 38.2 Å². The zero-order valence-electron chi connectivity index (χ0n) is 16.5. The smallest absolute Gasteiger partial charge is 0.308 e. The average molecular weight is 434 g/mol. The molecule has 1 aromatic carbocycles. The third-order valence-electron chi connectivity index (χ3n) is 5.97. The molecule has 0 atom stereocenters. The normalized spacial score (nSPS) is 18.5. The Morgan fingerprint density at radius 3 is 2.41 bits per heavy atom. The summed E-state index contributed by atoms with van der Waals surface area (Å²) in [5.74, 6) is 0.308. The topological polar surface area (TPSA) is 45.7 Å². The number of aromatic nitrogens is 1. The number of halogens is 2. The number of pyridine rings is 1. The van der Waals surface area contributed by atoms with Crippen LogP contribution in [-0.4, -0.2) is 49.1 Å². The maximum absolute atomic E-state index is 11.6. The molecule has 29 heavy (non-hydrogen) atoms. The third kappa shape index (κ3) is 4.52. The first-order chi connectivity index (χ1) is 14.0. The van der Waals surface area contributed by atoms with E-state index < -0.39 is 0 Å². The van der Waals surface area contributed by atoms with Crippen LogP contribution in [0.3, 0.4) is 0 Å². The zero-order chi connectivity index (χ0) is 20.4. The molecule has 0 N–H and O–H groups in total. The fourth-order valence-corrected chi connectivity index (χ4v) is 4.90.